The Morgan fingerprint density at radius 1 is 1.45 bits per heavy atom. The predicted octanol–water partition coefficient (Wildman–Crippen LogP) is 2.55. The van der Waals surface area contributed by atoms with Crippen LogP contribution in [-0.2, 0) is 0 Å². The van der Waals surface area contributed by atoms with Crippen molar-refractivity contribution in [3.8, 4) is 0 Å². The molecule has 1 nitrogen and oxygen atoms in total. The molecule has 1 fully saturated rings. The molecule has 1 heteroatoms. The van der Waals surface area contributed by atoms with Crippen LogP contribution < -0.4 is 5.73 Å². The van der Waals surface area contributed by atoms with Crippen LogP contribution in [0, 0.1) is 11.3 Å². The van der Waals surface area contributed by atoms with Gasteiger partial charge in [0.05, 0.1) is 0 Å². The first-order chi connectivity index (χ1) is 5.23. The Morgan fingerprint density at radius 2 is 2.09 bits per heavy atom. The molecule has 1 unspecified atom stereocenters. The normalized spacial score (nSPS) is 23.2. The lowest BCUT2D eigenvalue weighted by Crippen LogP contribution is -2.29. The molecule has 1 saturated carbocycles. The molecule has 2 N–H and O–H groups in total. The van der Waals surface area contributed by atoms with Gasteiger partial charge in [-0.15, -0.1) is 0 Å². The number of hydrogen-bond acceptors (Lipinski definition) is 1. The highest BCUT2D eigenvalue weighted by atomic mass is 14.6. The second kappa shape index (κ2) is 3.57. The zero-order valence-corrected chi connectivity index (χ0v) is 7.90. The van der Waals surface area contributed by atoms with Crippen LogP contribution in [0.5, 0.6) is 0 Å². The maximum absolute atomic E-state index is 5.79. The van der Waals surface area contributed by atoms with E-state index in [1.165, 1.54) is 32.1 Å². The Bertz CT molecular complexity index is 118. The van der Waals surface area contributed by atoms with Crippen LogP contribution in [0.25, 0.3) is 0 Å². The van der Waals surface area contributed by atoms with E-state index in [9.17, 15) is 0 Å². The van der Waals surface area contributed by atoms with Crippen LogP contribution in [0.15, 0.2) is 0 Å². The summed E-state index contributed by atoms with van der Waals surface area (Å²) in [5.74, 6) is 0.957. The highest BCUT2D eigenvalue weighted by Crippen LogP contribution is 2.47. The highest BCUT2D eigenvalue weighted by molar-refractivity contribution is 4.91. The van der Waals surface area contributed by atoms with Crippen molar-refractivity contribution in [1.82, 2.24) is 0 Å². The van der Waals surface area contributed by atoms with E-state index in [4.69, 9.17) is 5.73 Å². The molecule has 0 aliphatic heterocycles. The first kappa shape index (κ1) is 9.05. The SMILES string of the molecule is CCCCC(C)(CN)C1CC1. The molecule has 0 heterocycles. The maximum Gasteiger partial charge on any atom is -0.00205 e. The summed E-state index contributed by atoms with van der Waals surface area (Å²) >= 11 is 0. The predicted molar refractivity (Wildman–Crippen MR) is 49.4 cm³/mol. The first-order valence-corrected chi connectivity index (χ1v) is 4.93. The van der Waals surface area contributed by atoms with Crippen molar-refractivity contribution in [2.45, 2.75) is 46.0 Å². The van der Waals surface area contributed by atoms with E-state index in [2.05, 4.69) is 13.8 Å². The molecular weight excluding hydrogens is 134 g/mol. The molecule has 0 aromatic heterocycles. The van der Waals surface area contributed by atoms with Crippen LogP contribution in [0.1, 0.15) is 46.0 Å². The third kappa shape index (κ3) is 2.19. The fourth-order valence-corrected chi connectivity index (χ4v) is 1.83. The first-order valence-electron chi connectivity index (χ1n) is 4.93. The minimum atomic E-state index is 0.482. The van der Waals surface area contributed by atoms with Gasteiger partial charge in [0.2, 0.25) is 0 Å². The highest BCUT2D eigenvalue weighted by Gasteiger charge is 2.39. The van der Waals surface area contributed by atoms with Crippen molar-refractivity contribution >= 4 is 0 Å². The molecule has 0 spiro atoms. The lowest BCUT2D eigenvalue weighted by molar-refractivity contribution is 0.252. The molecular formula is C10H21N. The van der Waals surface area contributed by atoms with Crippen LogP contribution >= 0.6 is 0 Å². The molecule has 0 saturated heterocycles. The fraction of sp³-hybridized carbons (Fsp3) is 1.00. The van der Waals surface area contributed by atoms with Gasteiger partial charge in [0, 0.05) is 0 Å². The van der Waals surface area contributed by atoms with Gasteiger partial charge in [-0.3, -0.25) is 0 Å². The second-order valence-corrected chi connectivity index (χ2v) is 4.24. The van der Waals surface area contributed by atoms with Crippen molar-refractivity contribution in [3.63, 3.8) is 0 Å². The molecule has 0 bridgehead atoms. The third-order valence-corrected chi connectivity index (χ3v) is 3.13. The summed E-state index contributed by atoms with van der Waals surface area (Å²) in [5.41, 5.74) is 6.27. The average Bonchev–Trinajstić information content (AvgIpc) is 2.82. The van der Waals surface area contributed by atoms with E-state index in [0.29, 0.717) is 5.41 Å². The summed E-state index contributed by atoms with van der Waals surface area (Å²) in [7, 11) is 0. The van der Waals surface area contributed by atoms with Crippen LogP contribution in [0.4, 0.5) is 0 Å². The Hall–Kier alpha value is -0.0400. The summed E-state index contributed by atoms with van der Waals surface area (Å²) in [6, 6.07) is 0. The molecule has 1 rings (SSSR count). The Labute approximate surface area is 70.4 Å². The molecule has 11 heavy (non-hydrogen) atoms. The van der Waals surface area contributed by atoms with Gasteiger partial charge in [0.1, 0.15) is 0 Å². The third-order valence-electron chi connectivity index (χ3n) is 3.13. The number of unbranched alkanes of at least 4 members (excludes halogenated alkanes) is 1. The summed E-state index contributed by atoms with van der Waals surface area (Å²) in [4.78, 5) is 0. The minimum Gasteiger partial charge on any atom is -0.330 e. The largest absolute Gasteiger partial charge is 0.330 e. The van der Waals surface area contributed by atoms with E-state index >= 15 is 0 Å². The smallest absolute Gasteiger partial charge is 0.00205 e. The summed E-state index contributed by atoms with van der Waals surface area (Å²) < 4.78 is 0. The van der Waals surface area contributed by atoms with Gasteiger partial charge in [-0.05, 0) is 37.1 Å². The summed E-state index contributed by atoms with van der Waals surface area (Å²) in [6.45, 7) is 5.50. The molecule has 66 valence electrons. The van der Waals surface area contributed by atoms with Gasteiger partial charge in [-0.2, -0.15) is 0 Å². The van der Waals surface area contributed by atoms with E-state index in [1.807, 2.05) is 0 Å². The molecule has 1 aliphatic rings. The lowest BCUT2D eigenvalue weighted by atomic mass is 9.80. The van der Waals surface area contributed by atoms with Gasteiger partial charge < -0.3 is 5.73 Å². The number of nitrogens with two attached hydrogens (primary N) is 1. The van der Waals surface area contributed by atoms with Crippen molar-refractivity contribution in [1.29, 1.82) is 0 Å². The average molecular weight is 155 g/mol. The van der Waals surface area contributed by atoms with Gasteiger partial charge in [-0.1, -0.05) is 26.7 Å². The molecule has 0 aromatic rings. The molecule has 0 amide bonds. The zero-order chi connectivity index (χ0) is 8.32. The van der Waals surface area contributed by atoms with E-state index in [0.717, 1.165) is 12.5 Å². The molecule has 1 aliphatic carbocycles. The van der Waals surface area contributed by atoms with E-state index in [-0.39, 0.29) is 0 Å². The van der Waals surface area contributed by atoms with E-state index < -0.39 is 0 Å². The molecule has 0 aromatic carbocycles. The van der Waals surface area contributed by atoms with Crippen LogP contribution in [0.3, 0.4) is 0 Å². The second-order valence-electron chi connectivity index (χ2n) is 4.24. The Kier molecular flexibility index (Phi) is 2.94. The van der Waals surface area contributed by atoms with Crippen molar-refractivity contribution in [2.75, 3.05) is 6.54 Å². The van der Waals surface area contributed by atoms with Crippen LogP contribution in [0.2, 0.25) is 0 Å². The van der Waals surface area contributed by atoms with Crippen LogP contribution in [-0.4, -0.2) is 6.54 Å². The summed E-state index contributed by atoms with van der Waals surface area (Å²) in [5, 5.41) is 0. The minimum absolute atomic E-state index is 0.482. The standard InChI is InChI=1S/C10H21N/c1-3-4-7-10(2,8-11)9-5-6-9/h9H,3-8,11H2,1-2H3. The quantitative estimate of drug-likeness (QED) is 0.648. The van der Waals surface area contributed by atoms with Gasteiger partial charge in [-0.25, -0.2) is 0 Å². The van der Waals surface area contributed by atoms with Gasteiger partial charge in [0.25, 0.3) is 0 Å². The fourth-order valence-electron chi connectivity index (χ4n) is 1.83. The topological polar surface area (TPSA) is 26.0 Å². The number of rotatable bonds is 5. The summed E-state index contributed by atoms with van der Waals surface area (Å²) in [6.07, 6.45) is 6.85. The Balaban J connectivity index is 2.31. The van der Waals surface area contributed by atoms with Gasteiger partial charge >= 0.3 is 0 Å². The van der Waals surface area contributed by atoms with Crippen molar-refractivity contribution in [3.05, 3.63) is 0 Å². The zero-order valence-electron chi connectivity index (χ0n) is 7.90. The molecule has 0 radical (unpaired) electrons. The Morgan fingerprint density at radius 3 is 2.45 bits per heavy atom. The van der Waals surface area contributed by atoms with Crippen molar-refractivity contribution < 1.29 is 0 Å². The van der Waals surface area contributed by atoms with E-state index in [1.54, 1.807) is 0 Å². The molecule has 1 atom stereocenters. The maximum atomic E-state index is 5.79. The monoisotopic (exact) mass is 155 g/mol. The van der Waals surface area contributed by atoms with Crippen molar-refractivity contribution in [2.24, 2.45) is 17.1 Å². The number of hydrogen-bond donors (Lipinski definition) is 1. The van der Waals surface area contributed by atoms with Gasteiger partial charge in [0.15, 0.2) is 0 Å². The lowest BCUT2D eigenvalue weighted by Gasteiger charge is -2.27.